The van der Waals surface area contributed by atoms with E-state index in [1.807, 2.05) is 30.3 Å². The van der Waals surface area contributed by atoms with Crippen LogP contribution in [0.1, 0.15) is 11.7 Å². The molecule has 16 heavy (non-hydrogen) atoms. The van der Waals surface area contributed by atoms with E-state index in [0.717, 1.165) is 16.5 Å². The average Bonchev–Trinajstić information content (AvgIpc) is 2.36. The normalized spacial score (nSPS) is 12.1. The molecule has 0 aromatic heterocycles. The van der Waals surface area contributed by atoms with Crippen molar-refractivity contribution in [2.24, 2.45) is 0 Å². The smallest absolute Gasteiger partial charge is 0.166 e. The Morgan fingerprint density at radius 3 is 2.50 bits per heavy atom. The summed E-state index contributed by atoms with van der Waals surface area (Å²) in [6.07, 6.45) is -1.10. The molecule has 80 valence electrons. The molecule has 2 aromatic carbocycles. The Morgan fingerprint density at radius 1 is 1.19 bits per heavy atom. The summed E-state index contributed by atoms with van der Waals surface area (Å²) in [5.41, 5.74) is 0.610. The lowest BCUT2D eigenvalue weighted by Gasteiger charge is -2.10. The van der Waals surface area contributed by atoms with Gasteiger partial charge in [-0.1, -0.05) is 30.3 Å². The van der Waals surface area contributed by atoms with Crippen molar-refractivity contribution >= 4 is 10.8 Å². The van der Waals surface area contributed by atoms with Crippen molar-refractivity contribution in [1.29, 1.82) is 5.26 Å². The fraction of sp³-hybridized carbons (Fsp3) is 0.154. The number of nitriles is 1. The first-order chi connectivity index (χ1) is 7.77. The van der Waals surface area contributed by atoms with Crippen LogP contribution in [0.3, 0.4) is 0 Å². The van der Waals surface area contributed by atoms with Gasteiger partial charge >= 0.3 is 0 Å². The van der Waals surface area contributed by atoms with Gasteiger partial charge in [-0.25, -0.2) is 0 Å². The SMILES string of the molecule is COc1ccc(C(O)C#N)c2ccccc12. The highest BCUT2D eigenvalue weighted by Crippen LogP contribution is 2.31. The van der Waals surface area contributed by atoms with Crippen LogP contribution in [0.4, 0.5) is 0 Å². The zero-order chi connectivity index (χ0) is 11.5. The third-order valence-corrected chi connectivity index (χ3v) is 2.55. The van der Waals surface area contributed by atoms with Crippen LogP contribution in [0.25, 0.3) is 10.8 Å². The van der Waals surface area contributed by atoms with Crippen LogP contribution in [0.15, 0.2) is 36.4 Å². The lowest BCUT2D eigenvalue weighted by atomic mass is 10.0. The highest BCUT2D eigenvalue weighted by atomic mass is 16.5. The van der Waals surface area contributed by atoms with Gasteiger partial charge in [0.2, 0.25) is 0 Å². The molecule has 0 fully saturated rings. The van der Waals surface area contributed by atoms with E-state index in [9.17, 15) is 5.11 Å². The van der Waals surface area contributed by atoms with Crippen LogP contribution in [-0.4, -0.2) is 12.2 Å². The number of nitrogens with zero attached hydrogens (tertiary/aromatic N) is 1. The number of ether oxygens (including phenoxy) is 1. The second-order valence-electron chi connectivity index (χ2n) is 3.43. The molecule has 0 aliphatic rings. The molecule has 0 aliphatic heterocycles. The average molecular weight is 213 g/mol. The highest BCUT2D eigenvalue weighted by molar-refractivity contribution is 5.91. The molecule has 0 aliphatic carbocycles. The van der Waals surface area contributed by atoms with Crippen LogP contribution in [0.2, 0.25) is 0 Å². The molecule has 0 spiro atoms. The Balaban J connectivity index is 2.75. The molecule has 0 bridgehead atoms. The van der Waals surface area contributed by atoms with Gasteiger partial charge < -0.3 is 9.84 Å². The number of benzene rings is 2. The minimum Gasteiger partial charge on any atom is -0.496 e. The highest BCUT2D eigenvalue weighted by Gasteiger charge is 2.12. The van der Waals surface area contributed by atoms with Crippen molar-refractivity contribution in [2.45, 2.75) is 6.10 Å². The molecular weight excluding hydrogens is 202 g/mol. The second kappa shape index (κ2) is 4.21. The van der Waals surface area contributed by atoms with E-state index in [2.05, 4.69) is 0 Å². The summed E-state index contributed by atoms with van der Waals surface area (Å²) in [5.74, 6) is 0.740. The van der Waals surface area contributed by atoms with Crippen molar-refractivity contribution in [3.05, 3.63) is 42.0 Å². The number of rotatable bonds is 2. The van der Waals surface area contributed by atoms with E-state index < -0.39 is 6.10 Å². The summed E-state index contributed by atoms with van der Waals surface area (Å²) in [4.78, 5) is 0. The number of fused-ring (bicyclic) bond motifs is 1. The lowest BCUT2D eigenvalue weighted by Crippen LogP contribution is -1.96. The quantitative estimate of drug-likeness (QED) is 0.779. The predicted molar refractivity (Wildman–Crippen MR) is 61.1 cm³/mol. The van der Waals surface area contributed by atoms with Gasteiger partial charge in [0.25, 0.3) is 0 Å². The van der Waals surface area contributed by atoms with Crippen LogP contribution >= 0.6 is 0 Å². The van der Waals surface area contributed by atoms with E-state index in [0.29, 0.717) is 5.56 Å². The maximum Gasteiger partial charge on any atom is 0.166 e. The molecule has 0 radical (unpaired) electrons. The summed E-state index contributed by atoms with van der Waals surface area (Å²) in [6, 6.07) is 12.8. The maximum absolute atomic E-state index is 9.59. The Morgan fingerprint density at radius 2 is 1.88 bits per heavy atom. The van der Waals surface area contributed by atoms with E-state index >= 15 is 0 Å². The molecule has 2 aromatic rings. The van der Waals surface area contributed by atoms with Gasteiger partial charge in [-0.2, -0.15) is 5.26 Å². The maximum atomic E-state index is 9.59. The third kappa shape index (κ3) is 1.60. The molecule has 1 N–H and O–H groups in total. The molecule has 0 saturated carbocycles. The fourth-order valence-electron chi connectivity index (χ4n) is 1.78. The van der Waals surface area contributed by atoms with Gasteiger partial charge in [-0.3, -0.25) is 0 Å². The van der Waals surface area contributed by atoms with E-state index in [4.69, 9.17) is 10.00 Å². The molecule has 1 atom stereocenters. The first kappa shape index (κ1) is 10.5. The number of methoxy groups -OCH3 is 1. The predicted octanol–water partition coefficient (Wildman–Crippen LogP) is 2.41. The largest absolute Gasteiger partial charge is 0.496 e. The second-order valence-corrected chi connectivity index (χ2v) is 3.43. The van der Waals surface area contributed by atoms with Crippen LogP contribution in [-0.2, 0) is 0 Å². The number of hydrogen-bond donors (Lipinski definition) is 1. The lowest BCUT2D eigenvalue weighted by molar-refractivity contribution is 0.237. The zero-order valence-corrected chi connectivity index (χ0v) is 8.84. The van der Waals surface area contributed by atoms with Crippen molar-refractivity contribution in [3.8, 4) is 11.8 Å². The van der Waals surface area contributed by atoms with Gasteiger partial charge in [0.05, 0.1) is 13.2 Å². The van der Waals surface area contributed by atoms with Crippen molar-refractivity contribution in [3.63, 3.8) is 0 Å². The van der Waals surface area contributed by atoms with Gasteiger partial charge in [-0.15, -0.1) is 0 Å². The first-order valence-electron chi connectivity index (χ1n) is 4.91. The topological polar surface area (TPSA) is 53.2 Å². The van der Waals surface area contributed by atoms with Crippen molar-refractivity contribution in [2.75, 3.05) is 7.11 Å². The van der Waals surface area contributed by atoms with E-state index in [1.54, 1.807) is 19.2 Å². The molecule has 0 amide bonds. The standard InChI is InChI=1S/C13H11NO2/c1-16-13-7-6-10(12(15)8-14)9-4-2-3-5-11(9)13/h2-7,12,15H,1H3. The van der Waals surface area contributed by atoms with Gasteiger partial charge in [-0.05, 0) is 11.5 Å². The first-order valence-corrected chi connectivity index (χ1v) is 4.91. The number of aliphatic hydroxyl groups excluding tert-OH is 1. The summed E-state index contributed by atoms with van der Waals surface area (Å²) in [6.45, 7) is 0. The zero-order valence-electron chi connectivity index (χ0n) is 8.84. The minimum absolute atomic E-state index is 0.610. The fourth-order valence-corrected chi connectivity index (χ4v) is 1.78. The molecule has 3 heteroatoms. The molecule has 3 nitrogen and oxygen atoms in total. The summed E-state index contributed by atoms with van der Waals surface area (Å²) in [5, 5.41) is 20.1. The number of aliphatic hydroxyl groups is 1. The van der Waals surface area contributed by atoms with E-state index in [1.165, 1.54) is 0 Å². The summed E-state index contributed by atoms with van der Waals surface area (Å²) in [7, 11) is 1.60. The van der Waals surface area contributed by atoms with Crippen LogP contribution in [0.5, 0.6) is 5.75 Å². The molecule has 0 heterocycles. The summed E-state index contributed by atoms with van der Waals surface area (Å²) >= 11 is 0. The third-order valence-electron chi connectivity index (χ3n) is 2.55. The Kier molecular flexibility index (Phi) is 2.76. The Hall–Kier alpha value is -2.05. The van der Waals surface area contributed by atoms with Crippen molar-refractivity contribution in [1.82, 2.24) is 0 Å². The summed E-state index contributed by atoms with van der Waals surface area (Å²) < 4.78 is 5.23. The molecule has 2 rings (SSSR count). The Bertz CT molecular complexity index is 557. The van der Waals surface area contributed by atoms with Crippen LogP contribution in [0, 0.1) is 11.3 Å². The van der Waals surface area contributed by atoms with Gasteiger partial charge in [0.15, 0.2) is 6.10 Å². The van der Waals surface area contributed by atoms with E-state index in [-0.39, 0.29) is 0 Å². The van der Waals surface area contributed by atoms with Gasteiger partial charge in [0.1, 0.15) is 5.75 Å². The number of hydrogen-bond acceptors (Lipinski definition) is 3. The van der Waals surface area contributed by atoms with Crippen molar-refractivity contribution < 1.29 is 9.84 Å². The molecule has 0 saturated heterocycles. The molecular formula is C13H11NO2. The van der Waals surface area contributed by atoms with Gasteiger partial charge in [0, 0.05) is 10.9 Å². The molecule has 1 unspecified atom stereocenters. The Labute approximate surface area is 93.5 Å². The van der Waals surface area contributed by atoms with Crippen LogP contribution < -0.4 is 4.74 Å². The minimum atomic E-state index is -1.10. The monoisotopic (exact) mass is 213 g/mol.